The van der Waals surface area contributed by atoms with E-state index in [-0.39, 0.29) is 23.8 Å². The first kappa shape index (κ1) is 16.6. The SMILES string of the molecule is O=C(c1cnc2cccnn12)C1CC2COCC(C1)N2Cc1ccccc1. The maximum absolute atomic E-state index is 13.2. The third-order valence-corrected chi connectivity index (χ3v) is 5.78. The Morgan fingerprint density at radius 2 is 1.85 bits per heavy atom. The van der Waals surface area contributed by atoms with Crippen molar-refractivity contribution >= 4 is 11.4 Å². The molecule has 0 N–H and O–H groups in total. The summed E-state index contributed by atoms with van der Waals surface area (Å²) in [6.45, 7) is 2.30. The highest BCUT2D eigenvalue weighted by atomic mass is 16.5. The molecule has 2 fully saturated rings. The number of fused-ring (bicyclic) bond motifs is 3. The molecule has 3 aromatic rings. The predicted molar refractivity (Wildman–Crippen MR) is 100 cm³/mol. The summed E-state index contributed by atoms with van der Waals surface area (Å²) in [6.07, 6.45) is 4.99. The molecule has 2 aromatic heterocycles. The number of ketones is 1. The highest BCUT2D eigenvalue weighted by Crippen LogP contribution is 2.34. The molecule has 2 aliphatic heterocycles. The molecular formula is C21H22N4O2. The molecule has 138 valence electrons. The lowest BCUT2D eigenvalue weighted by Gasteiger charge is -2.48. The van der Waals surface area contributed by atoms with E-state index in [2.05, 4.69) is 39.2 Å². The predicted octanol–water partition coefficient (Wildman–Crippen LogP) is 2.59. The fourth-order valence-electron chi connectivity index (χ4n) is 4.46. The summed E-state index contributed by atoms with van der Waals surface area (Å²) in [5, 5.41) is 4.30. The minimum Gasteiger partial charge on any atom is -0.378 e. The largest absolute Gasteiger partial charge is 0.378 e. The summed E-state index contributed by atoms with van der Waals surface area (Å²) in [5.41, 5.74) is 2.61. The van der Waals surface area contributed by atoms with Crippen molar-refractivity contribution in [2.75, 3.05) is 13.2 Å². The zero-order valence-electron chi connectivity index (χ0n) is 15.1. The van der Waals surface area contributed by atoms with Gasteiger partial charge in [0.25, 0.3) is 0 Å². The lowest BCUT2D eigenvalue weighted by Crippen LogP contribution is -2.57. The van der Waals surface area contributed by atoms with Crippen molar-refractivity contribution in [3.63, 3.8) is 0 Å². The Hall–Kier alpha value is -2.57. The summed E-state index contributed by atoms with van der Waals surface area (Å²) >= 11 is 0. The van der Waals surface area contributed by atoms with Gasteiger partial charge in [0.15, 0.2) is 11.4 Å². The van der Waals surface area contributed by atoms with E-state index in [1.165, 1.54) is 5.56 Å². The van der Waals surface area contributed by atoms with Gasteiger partial charge in [0.05, 0.1) is 19.4 Å². The van der Waals surface area contributed by atoms with Crippen LogP contribution < -0.4 is 0 Å². The zero-order valence-corrected chi connectivity index (χ0v) is 15.1. The van der Waals surface area contributed by atoms with Crippen LogP contribution in [0.1, 0.15) is 28.9 Å². The first-order valence-electron chi connectivity index (χ1n) is 9.50. The molecule has 27 heavy (non-hydrogen) atoms. The summed E-state index contributed by atoms with van der Waals surface area (Å²) in [5.74, 6) is 0.148. The molecule has 6 nitrogen and oxygen atoms in total. The lowest BCUT2D eigenvalue weighted by atomic mass is 9.81. The molecule has 2 bridgehead atoms. The van der Waals surface area contributed by atoms with Gasteiger partial charge in [-0.25, -0.2) is 9.50 Å². The number of imidazole rings is 1. The van der Waals surface area contributed by atoms with Gasteiger partial charge in [-0.2, -0.15) is 5.10 Å². The van der Waals surface area contributed by atoms with Crippen LogP contribution in [0.4, 0.5) is 0 Å². The molecule has 0 radical (unpaired) electrons. The molecule has 0 spiro atoms. The van der Waals surface area contributed by atoms with Crippen molar-refractivity contribution in [1.29, 1.82) is 0 Å². The summed E-state index contributed by atoms with van der Waals surface area (Å²) < 4.78 is 7.47. The van der Waals surface area contributed by atoms with E-state index in [4.69, 9.17) is 4.74 Å². The van der Waals surface area contributed by atoms with Gasteiger partial charge < -0.3 is 4.74 Å². The standard InChI is InChI=1S/C21H22N4O2/c26-21(19-11-22-20-7-4-8-23-25(19)20)16-9-17-13-27-14-18(10-16)24(17)12-15-5-2-1-3-6-15/h1-8,11,16-18H,9-10,12-14H2. The number of hydrogen-bond acceptors (Lipinski definition) is 5. The van der Waals surface area contributed by atoms with E-state index >= 15 is 0 Å². The number of hydrogen-bond donors (Lipinski definition) is 0. The molecule has 2 aliphatic rings. The third kappa shape index (κ3) is 3.05. The van der Waals surface area contributed by atoms with E-state index in [9.17, 15) is 4.79 Å². The Balaban J connectivity index is 1.37. The normalized spacial score (nSPS) is 25.6. The van der Waals surface area contributed by atoms with Crippen LogP contribution in [0.3, 0.4) is 0 Å². The van der Waals surface area contributed by atoms with Crippen molar-refractivity contribution in [2.45, 2.75) is 31.5 Å². The van der Waals surface area contributed by atoms with Crippen LogP contribution in [0.25, 0.3) is 5.65 Å². The molecular weight excluding hydrogens is 340 g/mol. The number of morpholine rings is 1. The van der Waals surface area contributed by atoms with E-state index in [0.717, 1.165) is 19.4 Å². The topological polar surface area (TPSA) is 59.7 Å². The van der Waals surface area contributed by atoms with Gasteiger partial charge in [0, 0.05) is 30.7 Å². The maximum atomic E-state index is 13.2. The van der Waals surface area contributed by atoms with Gasteiger partial charge in [-0.1, -0.05) is 30.3 Å². The molecule has 0 aliphatic carbocycles. The number of carbonyl (C=O) groups is 1. The number of piperidine rings is 1. The number of nitrogens with zero attached hydrogens (tertiary/aromatic N) is 4. The Bertz CT molecular complexity index is 941. The van der Waals surface area contributed by atoms with E-state index < -0.39 is 0 Å². The van der Waals surface area contributed by atoms with Crippen LogP contribution in [0.5, 0.6) is 0 Å². The van der Waals surface area contributed by atoms with Crippen LogP contribution in [0.15, 0.2) is 54.9 Å². The zero-order chi connectivity index (χ0) is 18.2. The van der Waals surface area contributed by atoms with Gasteiger partial charge in [0.1, 0.15) is 5.69 Å². The summed E-state index contributed by atoms with van der Waals surface area (Å²) in [7, 11) is 0. The number of Topliss-reactive ketones (excluding diaryl/α,β-unsaturated/α-hetero) is 1. The van der Waals surface area contributed by atoms with E-state index in [0.29, 0.717) is 24.6 Å². The van der Waals surface area contributed by atoms with Crippen molar-refractivity contribution < 1.29 is 9.53 Å². The van der Waals surface area contributed by atoms with Crippen molar-refractivity contribution in [1.82, 2.24) is 19.5 Å². The number of ether oxygens (including phenoxy) is 1. The smallest absolute Gasteiger partial charge is 0.186 e. The molecule has 0 saturated carbocycles. The molecule has 2 saturated heterocycles. The average Bonchev–Trinajstić information content (AvgIpc) is 3.12. The van der Waals surface area contributed by atoms with Crippen LogP contribution in [0, 0.1) is 5.92 Å². The monoisotopic (exact) mass is 362 g/mol. The summed E-state index contributed by atoms with van der Waals surface area (Å²) in [4.78, 5) is 20.1. The molecule has 2 atom stereocenters. The van der Waals surface area contributed by atoms with E-state index in [1.54, 1.807) is 16.9 Å². The van der Waals surface area contributed by atoms with Crippen molar-refractivity contribution in [3.05, 3.63) is 66.1 Å². The lowest BCUT2D eigenvalue weighted by molar-refractivity contribution is -0.0873. The van der Waals surface area contributed by atoms with Gasteiger partial charge in [0.2, 0.25) is 0 Å². The van der Waals surface area contributed by atoms with E-state index in [1.807, 2.05) is 18.2 Å². The second kappa shape index (κ2) is 6.87. The molecule has 4 heterocycles. The number of benzene rings is 1. The summed E-state index contributed by atoms with van der Waals surface area (Å²) in [6, 6.07) is 14.8. The fraction of sp³-hybridized carbons (Fsp3) is 0.381. The Kier molecular flexibility index (Phi) is 4.22. The van der Waals surface area contributed by atoms with Gasteiger partial charge in [-0.05, 0) is 30.5 Å². The average molecular weight is 362 g/mol. The Morgan fingerprint density at radius 3 is 2.63 bits per heavy atom. The minimum absolute atomic E-state index is 0.00201. The first-order valence-corrected chi connectivity index (χ1v) is 9.50. The van der Waals surface area contributed by atoms with Crippen LogP contribution >= 0.6 is 0 Å². The number of aromatic nitrogens is 3. The van der Waals surface area contributed by atoms with Crippen molar-refractivity contribution in [3.8, 4) is 0 Å². The fourth-order valence-corrected chi connectivity index (χ4v) is 4.46. The van der Waals surface area contributed by atoms with Gasteiger partial charge in [-0.3, -0.25) is 9.69 Å². The quantitative estimate of drug-likeness (QED) is 0.668. The van der Waals surface area contributed by atoms with Gasteiger partial charge >= 0.3 is 0 Å². The van der Waals surface area contributed by atoms with Crippen LogP contribution in [0.2, 0.25) is 0 Å². The molecule has 0 amide bonds. The van der Waals surface area contributed by atoms with Crippen LogP contribution in [-0.2, 0) is 11.3 Å². The molecule has 6 heteroatoms. The highest BCUT2D eigenvalue weighted by molar-refractivity contribution is 5.97. The maximum Gasteiger partial charge on any atom is 0.186 e. The first-order chi connectivity index (χ1) is 13.3. The van der Waals surface area contributed by atoms with Crippen LogP contribution in [-0.4, -0.2) is 50.6 Å². The Labute approximate surface area is 157 Å². The molecule has 5 rings (SSSR count). The Morgan fingerprint density at radius 1 is 1.07 bits per heavy atom. The molecule has 2 unspecified atom stereocenters. The van der Waals surface area contributed by atoms with Crippen molar-refractivity contribution in [2.24, 2.45) is 5.92 Å². The highest BCUT2D eigenvalue weighted by Gasteiger charge is 2.42. The second-order valence-corrected chi connectivity index (χ2v) is 7.47. The number of rotatable bonds is 4. The second-order valence-electron chi connectivity index (χ2n) is 7.47. The number of carbonyl (C=O) groups excluding carboxylic acids is 1. The minimum atomic E-state index is -0.00201. The molecule has 1 aromatic carbocycles. The van der Waals surface area contributed by atoms with Gasteiger partial charge in [-0.15, -0.1) is 0 Å². The third-order valence-electron chi connectivity index (χ3n) is 5.78.